The van der Waals surface area contributed by atoms with Crippen LogP contribution in [-0.4, -0.2) is 42.3 Å². The molecule has 1 rings (SSSR count). The Morgan fingerprint density at radius 2 is 2.10 bits per heavy atom. The minimum Gasteiger partial charge on any atom is -0.463 e. The Kier molecular flexibility index (Phi) is 6.93. The number of aryl methyl sites for hydroxylation is 1. The van der Waals surface area contributed by atoms with Gasteiger partial charge in [0, 0.05) is 24.9 Å². The number of nitrogens with zero attached hydrogens (tertiary/aromatic N) is 2. The summed E-state index contributed by atoms with van der Waals surface area (Å²) in [5, 5.41) is 3.18. The van der Waals surface area contributed by atoms with Gasteiger partial charge in [-0.2, -0.15) is 0 Å². The Morgan fingerprint density at radius 1 is 1.35 bits per heavy atom. The van der Waals surface area contributed by atoms with Gasteiger partial charge in [-0.1, -0.05) is 0 Å². The van der Waals surface area contributed by atoms with E-state index in [1.807, 2.05) is 20.8 Å². The highest BCUT2D eigenvalue weighted by Gasteiger charge is 2.11. The van der Waals surface area contributed by atoms with Gasteiger partial charge in [0.2, 0.25) is 5.82 Å². The predicted octanol–water partition coefficient (Wildman–Crippen LogP) is 2.19. The minimum atomic E-state index is -0.526. The molecule has 0 amide bonds. The van der Waals surface area contributed by atoms with Crippen LogP contribution < -0.4 is 5.32 Å². The maximum Gasteiger partial charge on any atom is 0.376 e. The van der Waals surface area contributed by atoms with Crippen molar-refractivity contribution in [3.63, 3.8) is 0 Å². The fraction of sp³-hybridized carbons (Fsp3) is 0.643. The van der Waals surface area contributed by atoms with Crippen LogP contribution in [0.15, 0.2) is 6.07 Å². The van der Waals surface area contributed by atoms with E-state index in [0.29, 0.717) is 5.82 Å². The fourth-order valence-corrected chi connectivity index (χ4v) is 1.60. The average Bonchev–Trinajstić information content (AvgIpc) is 2.40. The molecule has 0 bridgehead atoms. The van der Waals surface area contributed by atoms with Gasteiger partial charge in [0.05, 0.1) is 13.2 Å². The van der Waals surface area contributed by atoms with Crippen molar-refractivity contribution in [1.82, 2.24) is 9.97 Å². The molecule has 6 heteroatoms. The molecule has 0 aliphatic heterocycles. The van der Waals surface area contributed by atoms with Crippen molar-refractivity contribution >= 4 is 11.8 Å². The number of esters is 1. The molecule has 112 valence electrons. The molecule has 1 aromatic heterocycles. The van der Waals surface area contributed by atoms with E-state index in [1.54, 1.807) is 6.07 Å². The highest BCUT2D eigenvalue weighted by Crippen LogP contribution is 2.07. The van der Waals surface area contributed by atoms with E-state index in [2.05, 4.69) is 20.0 Å². The molecule has 6 nitrogen and oxygen atoms in total. The van der Waals surface area contributed by atoms with Gasteiger partial charge < -0.3 is 14.8 Å². The maximum absolute atomic E-state index is 11.4. The molecule has 0 radical (unpaired) electrons. The number of hydrogen-bond donors (Lipinski definition) is 1. The third kappa shape index (κ3) is 5.97. The summed E-state index contributed by atoms with van der Waals surface area (Å²) in [4.78, 5) is 19.6. The number of anilines is 1. The topological polar surface area (TPSA) is 73.3 Å². The van der Waals surface area contributed by atoms with E-state index in [-0.39, 0.29) is 11.9 Å². The van der Waals surface area contributed by atoms with Crippen LogP contribution in [0.1, 0.15) is 43.0 Å². The summed E-state index contributed by atoms with van der Waals surface area (Å²) in [5.74, 6) is 0.197. The first-order valence-corrected chi connectivity index (χ1v) is 6.82. The Balaban J connectivity index is 2.40. The third-order valence-corrected chi connectivity index (χ3v) is 2.55. The van der Waals surface area contributed by atoms with Gasteiger partial charge in [0.25, 0.3) is 0 Å². The smallest absolute Gasteiger partial charge is 0.376 e. The Morgan fingerprint density at radius 3 is 2.75 bits per heavy atom. The number of rotatable bonds is 8. The van der Waals surface area contributed by atoms with Gasteiger partial charge in [0.15, 0.2) is 0 Å². The van der Waals surface area contributed by atoms with Gasteiger partial charge >= 0.3 is 5.97 Å². The molecule has 0 atom stereocenters. The molecule has 0 saturated heterocycles. The largest absolute Gasteiger partial charge is 0.463 e. The number of nitrogens with one attached hydrogen (secondary N) is 1. The second-order valence-corrected chi connectivity index (χ2v) is 4.76. The van der Waals surface area contributed by atoms with Crippen molar-refractivity contribution < 1.29 is 14.3 Å². The summed E-state index contributed by atoms with van der Waals surface area (Å²) in [6, 6.07) is 1.80. The molecule has 0 aliphatic rings. The van der Waals surface area contributed by atoms with Gasteiger partial charge in [-0.25, -0.2) is 14.8 Å². The number of ether oxygens (including phenoxy) is 2. The summed E-state index contributed by atoms with van der Waals surface area (Å²) in [6.07, 6.45) is 2.23. The molecule has 1 N–H and O–H groups in total. The van der Waals surface area contributed by atoms with Crippen LogP contribution in [0.25, 0.3) is 0 Å². The summed E-state index contributed by atoms with van der Waals surface area (Å²) >= 11 is 0. The van der Waals surface area contributed by atoms with Crippen LogP contribution in [0, 0.1) is 6.92 Å². The molecular weight excluding hydrogens is 258 g/mol. The number of aromatic nitrogens is 2. The van der Waals surface area contributed by atoms with Gasteiger partial charge in [-0.15, -0.1) is 0 Å². The van der Waals surface area contributed by atoms with E-state index in [9.17, 15) is 4.79 Å². The highest BCUT2D eigenvalue weighted by atomic mass is 16.5. The zero-order valence-electron chi connectivity index (χ0n) is 12.6. The maximum atomic E-state index is 11.4. The Hall–Kier alpha value is -1.69. The summed E-state index contributed by atoms with van der Waals surface area (Å²) < 4.78 is 10.1. The van der Waals surface area contributed by atoms with Crippen LogP contribution in [0.3, 0.4) is 0 Å². The molecule has 0 fully saturated rings. The molecule has 0 aromatic carbocycles. The first-order chi connectivity index (χ1) is 9.52. The van der Waals surface area contributed by atoms with Crippen molar-refractivity contribution in [1.29, 1.82) is 0 Å². The van der Waals surface area contributed by atoms with Crippen LogP contribution in [0.4, 0.5) is 5.82 Å². The van der Waals surface area contributed by atoms with Crippen LogP contribution >= 0.6 is 0 Å². The molecule has 0 aliphatic carbocycles. The summed E-state index contributed by atoms with van der Waals surface area (Å²) in [7, 11) is 1.32. The van der Waals surface area contributed by atoms with Crippen molar-refractivity contribution in [3.05, 3.63) is 17.6 Å². The summed E-state index contributed by atoms with van der Waals surface area (Å²) in [5.41, 5.74) is 0.728. The standard InChI is InChI=1S/C14H23N3O3/c1-10(2)20-8-6-5-7-15-12-9-11(3)16-13(17-12)14(18)19-4/h9-10H,5-8H2,1-4H3,(H,15,16,17). The monoisotopic (exact) mass is 281 g/mol. The fourth-order valence-electron chi connectivity index (χ4n) is 1.60. The van der Waals surface area contributed by atoms with E-state index in [4.69, 9.17) is 4.74 Å². The van der Waals surface area contributed by atoms with Crippen LogP contribution in [-0.2, 0) is 9.47 Å². The lowest BCUT2D eigenvalue weighted by Crippen LogP contribution is -2.12. The molecule has 0 saturated carbocycles. The Bertz CT molecular complexity index is 436. The molecule has 20 heavy (non-hydrogen) atoms. The molecule has 0 unspecified atom stereocenters. The SMILES string of the molecule is COC(=O)c1nc(C)cc(NCCCCOC(C)C)n1. The molecular formula is C14H23N3O3. The third-order valence-electron chi connectivity index (χ3n) is 2.55. The van der Waals surface area contributed by atoms with Crippen molar-refractivity contribution in [2.75, 3.05) is 25.6 Å². The number of unbranched alkanes of at least 4 members (excludes halogenated alkanes) is 1. The van der Waals surface area contributed by atoms with E-state index in [0.717, 1.165) is 31.7 Å². The second kappa shape index (κ2) is 8.47. The van der Waals surface area contributed by atoms with Crippen molar-refractivity contribution in [3.8, 4) is 0 Å². The van der Waals surface area contributed by atoms with Crippen molar-refractivity contribution in [2.45, 2.75) is 39.7 Å². The van der Waals surface area contributed by atoms with Gasteiger partial charge in [0.1, 0.15) is 5.82 Å². The zero-order valence-corrected chi connectivity index (χ0v) is 12.6. The highest BCUT2D eigenvalue weighted by molar-refractivity contribution is 5.85. The number of hydrogen-bond acceptors (Lipinski definition) is 6. The lowest BCUT2D eigenvalue weighted by atomic mass is 10.3. The summed E-state index contributed by atoms with van der Waals surface area (Å²) in [6.45, 7) is 7.40. The van der Waals surface area contributed by atoms with Gasteiger partial charge in [-0.05, 0) is 33.6 Å². The lowest BCUT2D eigenvalue weighted by Gasteiger charge is -2.09. The zero-order chi connectivity index (χ0) is 15.0. The molecule has 1 heterocycles. The first-order valence-electron chi connectivity index (χ1n) is 6.82. The first kappa shape index (κ1) is 16.4. The normalized spacial score (nSPS) is 10.7. The van der Waals surface area contributed by atoms with Crippen molar-refractivity contribution in [2.24, 2.45) is 0 Å². The number of carbonyl (C=O) groups is 1. The van der Waals surface area contributed by atoms with Crippen LogP contribution in [0.5, 0.6) is 0 Å². The number of methoxy groups -OCH3 is 1. The van der Waals surface area contributed by atoms with E-state index >= 15 is 0 Å². The second-order valence-electron chi connectivity index (χ2n) is 4.76. The Labute approximate surface area is 119 Å². The van der Waals surface area contributed by atoms with Crippen LogP contribution in [0.2, 0.25) is 0 Å². The van der Waals surface area contributed by atoms with Gasteiger partial charge in [-0.3, -0.25) is 0 Å². The lowest BCUT2D eigenvalue weighted by molar-refractivity contribution is 0.0586. The molecule has 1 aromatic rings. The quantitative estimate of drug-likeness (QED) is 0.581. The predicted molar refractivity (Wildman–Crippen MR) is 76.9 cm³/mol. The average molecular weight is 281 g/mol. The minimum absolute atomic E-state index is 0.0816. The van der Waals surface area contributed by atoms with E-state index < -0.39 is 5.97 Å². The number of carbonyl (C=O) groups excluding carboxylic acids is 1. The molecule has 0 spiro atoms. The van der Waals surface area contributed by atoms with E-state index in [1.165, 1.54) is 7.11 Å².